The predicted molar refractivity (Wildman–Crippen MR) is 84.9 cm³/mol. The molecule has 0 fully saturated rings. The number of methoxy groups -OCH3 is 1. The second-order valence-corrected chi connectivity index (χ2v) is 5.34. The summed E-state index contributed by atoms with van der Waals surface area (Å²) in [6, 6.07) is 5.28. The molecule has 0 bridgehead atoms. The summed E-state index contributed by atoms with van der Waals surface area (Å²) >= 11 is 0. The SMILES string of the molecule is COc1c(OC(C)=O)c(C)cc2cc3c(cc12)C(=O)C(=O)C=C3. The molecule has 0 atom stereocenters. The lowest BCUT2D eigenvalue weighted by Gasteiger charge is -2.16. The average molecular weight is 310 g/mol. The van der Waals surface area contributed by atoms with Crippen molar-refractivity contribution < 1.29 is 23.9 Å². The molecule has 5 nitrogen and oxygen atoms in total. The Hall–Kier alpha value is -2.95. The van der Waals surface area contributed by atoms with Gasteiger partial charge in [0, 0.05) is 17.9 Å². The zero-order valence-corrected chi connectivity index (χ0v) is 12.9. The Morgan fingerprint density at radius 2 is 1.78 bits per heavy atom. The number of carbonyl (C=O) groups is 3. The van der Waals surface area contributed by atoms with Crippen LogP contribution in [0, 0.1) is 6.92 Å². The van der Waals surface area contributed by atoms with Crippen LogP contribution < -0.4 is 9.47 Å². The van der Waals surface area contributed by atoms with Crippen molar-refractivity contribution >= 4 is 34.4 Å². The van der Waals surface area contributed by atoms with E-state index in [0.717, 1.165) is 10.9 Å². The van der Waals surface area contributed by atoms with E-state index in [1.807, 2.05) is 19.1 Å². The second-order valence-electron chi connectivity index (χ2n) is 5.34. The number of hydrogen-bond donors (Lipinski definition) is 0. The first-order valence-electron chi connectivity index (χ1n) is 7.03. The molecule has 5 heteroatoms. The van der Waals surface area contributed by atoms with Gasteiger partial charge >= 0.3 is 5.97 Å². The van der Waals surface area contributed by atoms with E-state index in [4.69, 9.17) is 9.47 Å². The van der Waals surface area contributed by atoms with Crippen molar-refractivity contribution in [1.29, 1.82) is 0 Å². The third kappa shape index (κ3) is 2.40. The topological polar surface area (TPSA) is 69.7 Å². The fraction of sp³-hybridized carbons (Fsp3) is 0.167. The molecule has 23 heavy (non-hydrogen) atoms. The third-order valence-electron chi connectivity index (χ3n) is 3.74. The fourth-order valence-corrected chi connectivity index (χ4v) is 2.73. The smallest absolute Gasteiger partial charge is 0.308 e. The molecule has 0 heterocycles. The molecule has 3 rings (SSSR count). The highest BCUT2D eigenvalue weighted by molar-refractivity contribution is 6.50. The van der Waals surface area contributed by atoms with Crippen LogP contribution in [0.25, 0.3) is 16.8 Å². The molecule has 0 spiro atoms. The number of rotatable bonds is 2. The van der Waals surface area contributed by atoms with Crippen LogP contribution in [0.1, 0.15) is 28.4 Å². The summed E-state index contributed by atoms with van der Waals surface area (Å²) in [7, 11) is 1.47. The van der Waals surface area contributed by atoms with Gasteiger partial charge in [0.25, 0.3) is 0 Å². The highest BCUT2D eigenvalue weighted by Gasteiger charge is 2.23. The van der Waals surface area contributed by atoms with Crippen molar-refractivity contribution in [3.63, 3.8) is 0 Å². The van der Waals surface area contributed by atoms with E-state index in [2.05, 4.69) is 0 Å². The molecular formula is C18H14O5. The molecule has 0 aromatic heterocycles. The summed E-state index contributed by atoms with van der Waals surface area (Å²) in [6.07, 6.45) is 2.90. The zero-order chi connectivity index (χ0) is 16.7. The quantitative estimate of drug-likeness (QED) is 0.484. The molecule has 116 valence electrons. The number of fused-ring (bicyclic) bond motifs is 2. The van der Waals surface area contributed by atoms with Gasteiger partial charge in [-0.05, 0) is 47.7 Å². The van der Waals surface area contributed by atoms with Crippen LogP contribution >= 0.6 is 0 Å². The lowest BCUT2D eigenvalue weighted by atomic mass is 9.91. The van der Waals surface area contributed by atoms with Gasteiger partial charge in [0.15, 0.2) is 11.5 Å². The first kappa shape index (κ1) is 15.0. The van der Waals surface area contributed by atoms with E-state index >= 15 is 0 Å². The van der Waals surface area contributed by atoms with E-state index in [1.165, 1.54) is 20.1 Å². The lowest BCUT2D eigenvalue weighted by Crippen LogP contribution is -2.16. The molecule has 2 aromatic rings. The molecular weight excluding hydrogens is 296 g/mol. The van der Waals surface area contributed by atoms with E-state index in [0.29, 0.717) is 28.0 Å². The first-order valence-corrected chi connectivity index (χ1v) is 7.03. The van der Waals surface area contributed by atoms with E-state index < -0.39 is 17.5 Å². The molecule has 2 aromatic carbocycles. The fourth-order valence-electron chi connectivity index (χ4n) is 2.73. The average Bonchev–Trinajstić information content (AvgIpc) is 2.50. The minimum atomic E-state index is -0.555. The highest BCUT2D eigenvalue weighted by Crippen LogP contribution is 2.40. The number of Topliss-reactive ketones (excluding diaryl/α,β-unsaturated/α-hetero) is 1. The number of hydrogen-bond acceptors (Lipinski definition) is 5. The van der Waals surface area contributed by atoms with E-state index in [9.17, 15) is 14.4 Å². The van der Waals surface area contributed by atoms with Gasteiger partial charge in [-0.3, -0.25) is 14.4 Å². The maximum Gasteiger partial charge on any atom is 0.308 e. The van der Waals surface area contributed by atoms with Gasteiger partial charge < -0.3 is 9.47 Å². The van der Waals surface area contributed by atoms with Crippen LogP contribution in [-0.2, 0) is 9.59 Å². The third-order valence-corrected chi connectivity index (χ3v) is 3.74. The summed E-state index contributed by atoms with van der Waals surface area (Å²) in [5.74, 6) is -0.882. The maximum absolute atomic E-state index is 12.1. The summed E-state index contributed by atoms with van der Waals surface area (Å²) in [5.41, 5.74) is 1.75. The molecule has 0 saturated carbocycles. The zero-order valence-electron chi connectivity index (χ0n) is 12.9. The van der Waals surface area contributed by atoms with Crippen LogP contribution in [0.5, 0.6) is 11.5 Å². The Bertz CT molecular complexity index is 906. The monoisotopic (exact) mass is 310 g/mol. The standard InChI is InChI=1S/C18H14O5/c1-9-6-12-7-11-4-5-15(20)16(21)13(11)8-14(12)18(22-3)17(9)23-10(2)19/h4-8H,1-3H3. The number of benzene rings is 2. The number of esters is 1. The van der Waals surface area contributed by atoms with Crippen molar-refractivity contribution in [1.82, 2.24) is 0 Å². The molecule has 0 N–H and O–H groups in total. The number of allylic oxidation sites excluding steroid dienone is 1. The second kappa shape index (κ2) is 5.35. The van der Waals surface area contributed by atoms with Crippen LogP contribution in [0.2, 0.25) is 0 Å². The molecule has 0 unspecified atom stereocenters. The lowest BCUT2D eigenvalue weighted by molar-refractivity contribution is -0.132. The minimum absolute atomic E-state index is 0.317. The van der Waals surface area contributed by atoms with Gasteiger partial charge in [0.05, 0.1) is 7.11 Å². The van der Waals surface area contributed by atoms with Gasteiger partial charge in [-0.15, -0.1) is 0 Å². The number of aryl methyl sites for hydroxylation is 1. The van der Waals surface area contributed by atoms with E-state index in [1.54, 1.807) is 12.1 Å². The first-order chi connectivity index (χ1) is 10.9. The van der Waals surface area contributed by atoms with Crippen molar-refractivity contribution in [2.75, 3.05) is 7.11 Å². The molecule has 0 aliphatic heterocycles. The van der Waals surface area contributed by atoms with Crippen molar-refractivity contribution in [2.45, 2.75) is 13.8 Å². The van der Waals surface area contributed by atoms with Gasteiger partial charge in [-0.2, -0.15) is 0 Å². The van der Waals surface area contributed by atoms with Crippen molar-refractivity contribution in [3.8, 4) is 11.5 Å². The Balaban J connectivity index is 2.34. The summed E-state index contributed by atoms with van der Waals surface area (Å²) in [6.45, 7) is 3.12. The Morgan fingerprint density at radius 3 is 2.43 bits per heavy atom. The van der Waals surface area contributed by atoms with Crippen LogP contribution in [0.15, 0.2) is 24.3 Å². The Morgan fingerprint density at radius 1 is 1.04 bits per heavy atom. The Labute approximate surface area is 132 Å². The summed E-state index contributed by atoms with van der Waals surface area (Å²) in [5, 5.41) is 1.45. The molecule has 0 amide bonds. The molecule has 1 aliphatic carbocycles. The number of ketones is 2. The predicted octanol–water partition coefficient (Wildman–Crippen LogP) is 2.86. The van der Waals surface area contributed by atoms with E-state index in [-0.39, 0.29) is 0 Å². The van der Waals surface area contributed by atoms with Crippen LogP contribution in [0.4, 0.5) is 0 Å². The number of ether oxygens (including phenoxy) is 2. The van der Waals surface area contributed by atoms with Gasteiger partial charge in [-0.1, -0.05) is 6.08 Å². The maximum atomic E-state index is 12.1. The minimum Gasteiger partial charge on any atom is -0.492 e. The van der Waals surface area contributed by atoms with Crippen molar-refractivity contribution in [2.24, 2.45) is 0 Å². The molecule has 0 saturated heterocycles. The van der Waals surface area contributed by atoms with Crippen LogP contribution in [0.3, 0.4) is 0 Å². The molecule has 0 radical (unpaired) electrons. The Kier molecular flexibility index (Phi) is 3.48. The largest absolute Gasteiger partial charge is 0.492 e. The summed E-state index contributed by atoms with van der Waals surface area (Å²) in [4.78, 5) is 35.0. The van der Waals surface area contributed by atoms with Gasteiger partial charge in [-0.25, -0.2) is 0 Å². The normalized spacial score (nSPS) is 13.2. The highest BCUT2D eigenvalue weighted by atomic mass is 16.6. The van der Waals surface area contributed by atoms with Gasteiger partial charge in [0.1, 0.15) is 0 Å². The van der Waals surface area contributed by atoms with Crippen LogP contribution in [-0.4, -0.2) is 24.6 Å². The number of carbonyl (C=O) groups excluding carboxylic acids is 3. The van der Waals surface area contributed by atoms with Gasteiger partial charge in [0.2, 0.25) is 11.6 Å². The molecule has 1 aliphatic rings. The van der Waals surface area contributed by atoms with Crippen molar-refractivity contribution in [3.05, 3.63) is 41.0 Å². The summed E-state index contributed by atoms with van der Waals surface area (Å²) < 4.78 is 10.6.